The first-order valence-corrected chi connectivity index (χ1v) is 6.96. The van der Waals surface area contributed by atoms with E-state index in [1.165, 1.54) is 23.4 Å². The van der Waals surface area contributed by atoms with Gasteiger partial charge in [0.05, 0.1) is 10.7 Å². The Morgan fingerprint density at radius 3 is 2.76 bits per heavy atom. The molecular formula is C14H16N2S. The minimum absolute atomic E-state index is 0.0605. The number of nitrogens with two attached hydrogens (primary N) is 1. The van der Waals surface area contributed by atoms with Crippen molar-refractivity contribution in [2.24, 2.45) is 5.73 Å². The summed E-state index contributed by atoms with van der Waals surface area (Å²) in [5, 5.41) is 3.47. The number of thiazole rings is 1. The van der Waals surface area contributed by atoms with Crippen molar-refractivity contribution in [3.05, 3.63) is 52.0 Å². The molecule has 1 fully saturated rings. The van der Waals surface area contributed by atoms with Crippen LogP contribution in [0.1, 0.15) is 41.1 Å². The normalized spacial score (nSPS) is 17.0. The first-order valence-electron chi connectivity index (χ1n) is 6.08. The average molecular weight is 244 g/mol. The van der Waals surface area contributed by atoms with Crippen LogP contribution < -0.4 is 5.73 Å². The molecule has 3 heteroatoms. The monoisotopic (exact) mass is 244 g/mol. The van der Waals surface area contributed by atoms with Crippen LogP contribution in [0.15, 0.2) is 35.7 Å². The van der Waals surface area contributed by atoms with Crippen molar-refractivity contribution in [1.82, 2.24) is 4.98 Å². The second-order valence-electron chi connectivity index (χ2n) is 4.67. The van der Waals surface area contributed by atoms with Gasteiger partial charge in [-0.1, -0.05) is 30.3 Å². The standard InChI is InChI=1S/C14H16N2S/c15-13(10-4-2-1-3-5-10)8-12-9-17-14(16-12)11-6-7-11/h1-5,9,11,13H,6-8,15H2. The molecule has 0 spiro atoms. The number of hydrogen-bond donors (Lipinski definition) is 1. The molecule has 3 rings (SSSR count). The molecule has 1 aliphatic rings. The summed E-state index contributed by atoms with van der Waals surface area (Å²) in [4.78, 5) is 4.68. The maximum Gasteiger partial charge on any atom is 0.0959 e. The molecule has 1 aromatic heterocycles. The van der Waals surface area contributed by atoms with E-state index < -0.39 is 0 Å². The van der Waals surface area contributed by atoms with E-state index in [4.69, 9.17) is 5.73 Å². The second kappa shape index (κ2) is 4.59. The first-order chi connectivity index (χ1) is 8.33. The van der Waals surface area contributed by atoms with Gasteiger partial charge in [-0.05, 0) is 18.4 Å². The molecule has 1 saturated carbocycles. The zero-order valence-corrected chi connectivity index (χ0v) is 10.5. The molecule has 17 heavy (non-hydrogen) atoms. The molecule has 1 heterocycles. The molecule has 88 valence electrons. The van der Waals surface area contributed by atoms with Crippen molar-refractivity contribution >= 4 is 11.3 Å². The predicted octanol–water partition coefficient (Wildman–Crippen LogP) is 3.26. The summed E-state index contributed by atoms with van der Waals surface area (Å²) >= 11 is 1.79. The molecule has 1 aliphatic carbocycles. The highest BCUT2D eigenvalue weighted by Gasteiger charge is 2.26. The molecular weight excluding hydrogens is 228 g/mol. The van der Waals surface area contributed by atoms with Gasteiger partial charge < -0.3 is 5.73 Å². The van der Waals surface area contributed by atoms with Crippen LogP contribution in [0.2, 0.25) is 0 Å². The summed E-state index contributed by atoms with van der Waals surface area (Å²) in [6, 6.07) is 10.3. The fourth-order valence-electron chi connectivity index (χ4n) is 1.98. The molecule has 0 aliphatic heterocycles. The van der Waals surface area contributed by atoms with Gasteiger partial charge in [0.1, 0.15) is 0 Å². The van der Waals surface area contributed by atoms with Gasteiger partial charge in [0.15, 0.2) is 0 Å². The SMILES string of the molecule is NC(Cc1csc(C2CC2)n1)c1ccccc1. The van der Waals surface area contributed by atoms with Gasteiger partial charge in [0.25, 0.3) is 0 Å². The van der Waals surface area contributed by atoms with E-state index in [0.29, 0.717) is 0 Å². The van der Waals surface area contributed by atoms with Crippen LogP contribution in [0.25, 0.3) is 0 Å². The lowest BCUT2D eigenvalue weighted by molar-refractivity contribution is 0.707. The average Bonchev–Trinajstić information content (AvgIpc) is 3.12. The van der Waals surface area contributed by atoms with Gasteiger partial charge in [0, 0.05) is 23.8 Å². The highest BCUT2D eigenvalue weighted by atomic mass is 32.1. The van der Waals surface area contributed by atoms with E-state index in [1.807, 2.05) is 18.2 Å². The minimum atomic E-state index is 0.0605. The molecule has 0 bridgehead atoms. The summed E-state index contributed by atoms with van der Waals surface area (Å²) in [6.45, 7) is 0. The van der Waals surface area contributed by atoms with Crippen LogP contribution in [-0.4, -0.2) is 4.98 Å². The molecule has 0 radical (unpaired) electrons. The Kier molecular flexibility index (Phi) is 2.95. The molecule has 1 atom stereocenters. The van der Waals surface area contributed by atoms with Crippen molar-refractivity contribution in [2.45, 2.75) is 31.2 Å². The molecule has 0 amide bonds. The summed E-state index contributed by atoms with van der Waals surface area (Å²) in [5.74, 6) is 0.752. The maximum absolute atomic E-state index is 6.19. The lowest BCUT2D eigenvalue weighted by atomic mass is 10.0. The lowest BCUT2D eigenvalue weighted by Crippen LogP contribution is -2.13. The smallest absolute Gasteiger partial charge is 0.0959 e. The van der Waals surface area contributed by atoms with E-state index >= 15 is 0 Å². The third kappa shape index (κ3) is 2.56. The third-order valence-corrected chi connectivity index (χ3v) is 4.21. The molecule has 2 aromatic rings. The van der Waals surface area contributed by atoms with Crippen LogP contribution in [0.3, 0.4) is 0 Å². The minimum Gasteiger partial charge on any atom is -0.324 e. The number of benzene rings is 1. The Bertz CT molecular complexity index is 488. The lowest BCUT2D eigenvalue weighted by Gasteiger charge is -2.09. The fraction of sp³-hybridized carbons (Fsp3) is 0.357. The van der Waals surface area contributed by atoms with E-state index in [9.17, 15) is 0 Å². The highest BCUT2D eigenvalue weighted by Crippen LogP contribution is 2.41. The van der Waals surface area contributed by atoms with Gasteiger partial charge in [-0.15, -0.1) is 11.3 Å². The quantitative estimate of drug-likeness (QED) is 0.896. The van der Waals surface area contributed by atoms with E-state index in [0.717, 1.165) is 18.0 Å². The first kappa shape index (κ1) is 10.9. The summed E-state index contributed by atoms with van der Waals surface area (Å²) in [7, 11) is 0. The maximum atomic E-state index is 6.19. The topological polar surface area (TPSA) is 38.9 Å². The predicted molar refractivity (Wildman–Crippen MR) is 71.2 cm³/mol. The molecule has 2 nitrogen and oxygen atoms in total. The van der Waals surface area contributed by atoms with Gasteiger partial charge in [-0.2, -0.15) is 0 Å². The largest absolute Gasteiger partial charge is 0.324 e. The number of aromatic nitrogens is 1. The number of rotatable bonds is 4. The van der Waals surface area contributed by atoms with Crippen molar-refractivity contribution < 1.29 is 0 Å². The second-order valence-corrected chi connectivity index (χ2v) is 5.56. The Labute approximate surface area is 106 Å². The van der Waals surface area contributed by atoms with E-state index in [-0.39, 0.29) is 6.04 Å². The van der Waals surface area contributed by atoms with Crippen LogP contribution >= 0.6 is 11.3 Å². The molecule has 1 unspecified atom stereocenters. The van der Waals surface area contributed by atoms with Crippen molar-refractivity contribution in [3.63, 3.8) is 0 Å². The molecule has 2 N–H and O–H groups in total. The molecule has 0 saturated heterocycles. The van der Waals surface area contributed by atoms with Crippen molar-refractivity contribution in [1.29, 1.82) is 0 Å². The van der Waals surface area contributed by atoms with Gasteiger partial charge in [0.2, 0.25) is 0 Å². The van der Waals surface area contributed by atoms with Gasteiger partial charge in [-0.25, -0.2) is 4.98 Å². The summed E-state index contributed by atoms with van der Waals surface area (Å²) in [5.41, 5.74) is 8.53. The van der Waals surface area contributed by atoms with Crippen molar-refractivity contribution in [2.75, 3.05) is 0 Å². The third-order valence-electron chi connectivity index (χ3n) is 3.15. The van der Waals surface area contributed by atoms with Crippen LogP contribution in [0.4, 0.5) is 0 Å². The van der Waals surface area contributed by atoms with Gasteiger partial charge in [-0.3, -0.25) is 0 Å². The van der Waals surface area contributed by atoms with Gasteiger partial charge >= 0.3 is 0 Å². The van der Waals surface area contributed by atoms with Crippen LogP contribution in [0, 0.1) is 0 Å². The van der Waals surface area contributed by atoms with E-state index in [2.05, 4.69) is 22.5 Å². The van der Waals surface area contributed by atoms with Crippen molar-refractivity contribution in [3.8, 4) is 0 Å². The highest BCUT2D eigenvalue weighted by molar-refractivity contribution is 7.09. The summed E-state index contributed by atoms with van der Waals surface area (Å²) < 4.78 is 0. The Morgan fingerprint density at radius 1 is 1.29 bits per heavy atom. The summed E-state index contributed by atoms with van der Waals surface area (Å²) in [6.07, 6.45) is 3.47. The van der Waals surface area contributed by atoms with Crippen LogP contribution in [-0.2, 0) is 6.42 Å². The number of nitrogens with zero attached hydrogens (tertiary/aromatic N) is 1. The Morgan fingerprint density at radius 2 is 2.06 bits per heavy atom. The zero-order chi connectivity index (χ0) is 11.7. The Hall–Kier alpha value is -1.19. The van der Waals surface area contributed by atoms with E-state index in [1.54, 1.807) is 11.3 Å². The molecule has 1 aromatic carbocycles. The zero-order valence-electron chi connectivity index (χ0n) is 9.67. The fourth-order valence-corrected chi connectivity index (χ4v) is 2.98. The Balaban J connectivity index is 1.69. The van der Waals surface area contributed by atoms with Crippen LogP contribution in [0.5, 0.6) is 0 Å². The number of hydrogen-bond acceptors (Lipinski definition) is 3.